The van der Waals surface area contributed by atoms with E-state index in [0.29, 0.717) is 13.0 Å². The van der Waals surface area contributed by atoms with Gasteiger partial charge in [-0.25, -0.2) is 0 Å². The van der Waals surface area contributed by atoms with E-state index in [4.69, 9.17) is 0 Å². The fourth-order valence-electron chi connectivity index (χ4n) is 2.73. The van der Waals surface area contributed by atoms with Crippen LogP contribution >= 0.6 is 0 Å². The van der Waals surface area contributed by atoms with Gasteiger partial charge in [0.2, 0.25) is 5.91 Å². The monoisotopic (exact) mass is 267 g/mol. The molecule has 1 heterocycles. The van der Waals surface area contributed by atoms with E-state index < -0.39 is 11.1 Å². The van der Waals surface area contributed by atoms with Gasteiger partial charge in [-0.3, -0.25) is 9.00 Å². The molecule has 92 valence electrons. The van der Waals surface area contributed by atoms with Crippen molar-refractivity contribution >= 4 is 17.0 Å². The molecule has 1 amide bonds. The van der Waals surface area contributed by atoms with Crippen LogP contribution in [0.3, 0.4) is 0 Å². The number of piperidine rings is 1. The number of amides is 1. The molecule has 2 atom stereocenters. The fourth-order valence-corrected chi connectivity index (χ4v) is 3.39. The summed E-state index contributed by atoms with van der Waals surface area (Å²) < 4.78 is 21.8. The first kappa shape index (κ1) is 15.6. The van der Waals surface area contributed by atoms with E-state index in [1.54, 1.807) is 4.90 Å². The number of carbonyl (C=O) groups excluding carboxylic acids is 1. The Hall–Kier alpha value is 0.580. The van der Waals surface area contributed by atoms with E-state index in [1.807, 2.05) is 0 Å². The topological polar surface area (TPSA) is 60.4 Å². The van der Waals surface area contributed by atoms with E-state index >= 15 is 0 Å². The molecule has 0 bridgehead atoms. The predicted molar refractivity (Wildman–Crippen MR) is 60.5 cm³/mol. The van der Waals surface area contributed by atoms with Gasteiger partial charge in [0.05, 0.1) is 0 Å². The van der Waals surface area contributed by atoms with Crippen LogP contribution in [-0.2, 0) is 15.9 Å². The first-order valence-corrected chi connectivity index (χ1v) is 7.19. The molecule has 0 radical (unpaired) electrons. The Balaban J connectivity index is 0.00000144. The molecular formula is C11H18NNaO3S. The van der Waals surface area contributed by atoms with Crippen molar-refractivity contribution in [3.63, 3.8) is 0 Å². The van der Waals surface area contributed by atoms with Crippen LogP contribution in [0, 0.1) is 5.92 Å². The molecule has 1 aliphatic heterocycles. The van der Waals surface area contributed by atoms with Crippen LogP contribution in [0.1, 0.15) is 38.5 Å². The average Bonchev–Trinajstić information content (AvgIpc) is 2.81. The van der Waals surface area contributed by atoms with Crippen molar-refractivity contribution in [3.8, 4) is 0 Å². The minimum atomic E-state index is -2.03. The average molecular weight is 267 g/mol. The summed E-state index contributed by atoms with van der Waals surface area (Å²) >= 11 is -2.03. The molecule has 17 heavy (non-hydrogen) atoms. The van der Waals surface area contributed by atoms with Crippen molar-refractivity contribution in [2.75, 3.05) is 13.1 Å². The Morgan fingerprint density at radius 1 is 1.18 bits per heavy atom. The van der Waals surface area contributed by atoms with Crippen LogP contribution in [0.25, 0.3) is 0 Å². The van der Waals surface area contributed by atoms with Crippen molar-refractivity contribution in [3.05, 3.63) is 0 Å². The molecule has 1 saturated heterocycles. The second kappa shape index (κ2) is 7.24. The summed E-state index contributed by atoms with van der Waals surface area (Å²) in [5.74, 6) is 0.353. The van der Waals surface area contributed by atoms with Crippen LogP contribution < -0.4 is 29.6 Å². The van der Waals surface area contributed by atoms with Crippen LogP contribution in [0.4, 0.5) is 0 Å². The number of nitrogens with zero attached hydrogens (tertiary/aromatic N) is 1. The van der Waals surface area contributed by atoms with Gasteiger partial charge in [-0.1, -0.05) is 23.9 Å². The van der Waals surface area contributed by atoms with E-state index in [0.717, 1.165) is 38.6 Å². The smallest absolute Gasteiger partial charge is 0.772 e. The maximum atomic E-state index is 12.1. The number of carbonyl (C=O) groups is 1. The molecule has 0 N–H and O–H groups in total. The molecule has 0 aromatic rings. The van der Waals surface area contributed by atoms with Gasteiger partial charge in [0, 0.05) is 24.3 Å². The summed E-state index contributed by atoms with van der Waals surface area (Å²) in [6.07, 6.45) is 5.77. The zero-order valence-corrected chi connectivity index (χ0v) is 13.2. The minimum Gasteiger partial charge on any atom is -0.772 e. The van der Waals surface area contributed by atoms with Gasteiger partial charge in [-0.2, -0.15) is 0 Å². The van der Waals surface area contributed by atoms with Gasteiger partial charge in [-0.05, 0) is 25.7 Å². The van der Waals surface area contributed by atoms with Crippen molar-refractivity contribution in [1.29, 1.82) is 0 Å². The molecule has 0 spiro atoms. The largest absolute Gasteiger partial charge is 1.00 e. The molecule has 4 nitrogen and oxygen atoms in total. The number of rotatable bonds is 2. The maximum absolute atomic E-state index is 12.1. The SMILES string of the molecule is O=C(C1CCCC1)N1CCCC(S(=O)[O-])C1.[Na+]. The number of likely N-dealkylation sites (tertiary alicyclic amines) is 1. The van der Waals surface area contributed by atoms with Crippen LogP contribution in [0.2, 0.25) is 0 Å². The Labute approximate surface area is 127 Å². The summed E-state index contributed by atoms with van der Waals surface area (Å²) in [5.41, 5.74) is 0. The molecule has 0 aromatic heterocycles. The zero-order valence-electron chi connectivity index (χ0n) is 10.4. The number of hydrogen-bond acceptors (Lipinski definition) is 3. The first-order valence-electron chi connectivity index (χ1n) is 6.05. The molecular weight excluding hydrogens is 249 g/mol. The van der Waals surface area contributed by atoms with E-state index in [9.17, 15) is 13.6 Å². The van der Waals surface area contributed by atoms with Gasteiger partial charge in [0.15, 0.2) is 0 Å². The van der Waals surface area contributed by atoms with Crippen molar-refractivity contribution in [2.24, 2.45) is 5.92 Å². The molecule has 0 aromatic carbocycles. The second-order valence-electron chi connectivity index (χ2n) is 4.79. The molecule has 2 aliphatic rings. The van der Waals surface area contributed by atoms with E-state index in [1.165, 1.54) is 0 Å². The summed E-state index contributed by atoms with van der Waals surface area (Å²) in [6, 6.07) is 0. The summed E-state index contributed by atoms with van der Waals surface area (Å²) in [5, 5.41) is -0.348. The molecule has 6 heteroatoms. The Morgan fingerprint density at radius 2 is 1.82 bits per heavy atom. The van der Waals surface area contributed by atoms with Crippen molar-refractivity contribution in [1.82, 2.24) is 4.90 Å². The normalized spacial score (nSPS) is 27.6. The third kappa shape index (κ3) is 4.03. The molecule has 2 rings (SSSR count). The third-order valence-electron chi connectivity index (χ3n) is 3.67. The Morgan fingerprint density at radius 3 is 2.41 bits per heavy atom. The van der Waals surface area contributed by atoms with Gasteiger partial charge in [0.1, 0.15) is 0 Å². The van der Waals surface area contributed by atoms with Crippen LogP contribution in [0.15, 0.2) is 0 Å². The zero-order chi connectivity index (χ0) is 11.5. The Kier molecular flexibility index (Phi) is 6.66. The van der Waals surface area contributed by atoms with Crippen LogP contribution in [-0.4, -0.2) is 37.9 Å². The third-order valence-corrected chi connectivity index (χ3v) is 4.60. The summed E-state index contributed by atoms with van der Waals surface area (Å²) in [6.45, 7) is 1.15. The minimum absolute atomic E-state index is 0. The van der Waals surface area contributed by atoms with Crippen molar-refractivity contribution in [2.45, 2.75) is 43.8 Å². The van der Waals surface area contributed by atoms with Gasteiger partial charge >= 0.3 is 29.6 Å². The molecule has 2 unspecified atom stereocenters. The second-order valence-corrected chi connectivity index (χ2v) is 5.98. The molecule has 2 fully saturated rings. The maximum Gasteiger partial charge on any atom is 1.00 e. The fraction of sp³-hybridized carbons (Fsp3) is 0.909. The summed E-state index contributed by atoms with van der Waals surface area (Å²) in [4.78, 5) is 13.9. The van der Waals surface area contributed by atoms with Gasteiger partial charge in [0.25, 0.3) is 0 Å². The van der Waals surface area contributed by atoms with Gasteiger partial charge < -0.3 is 9.45 Å². The van der Waals surface area contributed by atoms with Crippen molar-refractivity contribution < 1.29 is 43.1 Å². The molecule has 1 saturated carbocycles. The summed E-state index contributed by atoms with van der Waals surface area (Å²) in [7, 11) is 0. The first-order chi connectivity index (χ1) is 7.68. The van der Waals surface area contributed by atoms with E-state index in [-0.39, 0.29) is 46.6 Å². The van der Waals surface area contributed by atoms with Crippen LogP contribution in [0.5, 0.6) is 0 Å². The molecule has 1 aliphatic carbocycles. The standard InChI is InChI=1S/C11H19NO3S.Na/c13-11(9-4-1-2-5-9)12-7-3-6-10(8-12)16(14)15;/h9-10H,1-8H2,(H,14,15);/q;+1/p-1. The van der Waals surface area contributed by atoms with E-state index in [2.05, 4.69) is 0 Å². The quantitative estimate of drug-likeness (QED) is 0.432. The van der Waals surface area contributed by atoms with Gasteiger partial charge in [-0.15, -0.1) is 0 Å². The predicted octanol–water partition coefficient (Wildman–Crippen LogP) is -1.95. The Bertz CT molecular complexity index is 294. The number of hydrogen-bond donors (Lipinski definition) is 0.